The molecule has 0 saturated heterocycles. The lowest BCUT2D eigenvalue weighted by atomic mass is 10.1. The van der Waals surface area contributed by atoms with Crippen molar-refractivity contribution in [2.45, 2.75) is 39.8 Å². The number of hydrogen-bond donors (Lipinski definition) is 2. The van der Waals surface area contributed by atoms with E-state index < -0.39 is 0 Å². The topological polar surface area (TPSA) is 39.7 Å². The summed E-state index contributed by atoms with van der Waals surface area (Å²) >= 11 is 0. The van der Waals surface area contributed by atoms with Crippen LogP contribution < -0.4 is 10.6 Å². The number of aliphatic imine (C=N–C) groups is 1. The van der Waals surface area contributed by atoms with Gasteiger partial charge >= 0.3 is 0 Å². The standard InChI is InChI=1S/C18H30N4/c1-4-22(5-2)14-17-10-8-16(9-11-17)13-21-18(19-3)20-12-15-6-7-15/h8-11,15H,4-7,12-14H2,1-3H3,(H2,19,20,21). The molecule has 2 N–H and O–H groups in total. The molecule has 4 nitrogen and oxygen atoms in total. The third-order valence-corrected chi connectivity index (χ3v) is 4.26. The SMILES string of the molecule is CCN(CC)Cc1ccc(CNC(=NC)NCC2CC2)cc1. The molecule has 22 heavy (non-hydrogen) atoms. The molecule has 0 spiro atoms. The number of rotatable bonds is 8. The Morgan fingerprint density at radius 3 is 2.27 bits per heavy atom. The van der Waals surface area contributed by atoms with E-state index in [0.717, 1.165) is 44.6 Å². The van der Waals surface area contributed by atoms with E-state index in [-0.39, 0.29) is 0 Å². The van der Waals surface area contributed by atoms with Crippen LogP contribution in [0.1, 0.15) is 37.8 Å². The van der Waals surface area contributed by atoms with Gasteiger partial charge in [0.25, 0.3) is 0 Å². The summed E-state index contributed by atoms with van der Waals surface area (Å²) in [7, 11) is 1.83. The Morgan fingerprint density at radius 2 is 1.73 bits per heavy atom. The molecule has 0 aromatic heterocycles. The van der Waals surface area contributed by atoms with Crippen molar-refractivity contribution in [1.82, 2.24) is 15.5 Å². The molecule has 0 unspecified atom stereocenters. The maximum atomic E-state index is 4.27. The molecule has 0 aliphatic heterocycles. The molecule has 0 amide bonds. The molecule has 1 fully saturated rings. The van der Waals surface area contributed by atoms with Crippen LogP contribution in [0, 0.1) is 5.92 Å². The summed E-state index contributed by atoms with van der Waals surface area (Å²) in [4.78, 5) is 6.70. The van der Waals surface area contributed by atoms with Crippen molar-refractivity contribution in [2.24, 2.45) is 10.9 Å². The van der Waals surface area contributed by atoms with Crippen molar-refractivity contribution >= 4 is 5.96 Å². The molecule has 1 aromatic carbocycles. The van der Waals surface area contributed by atoms with Crippen LogP contribution in [0.4, 0.5) is 0 Å². The van der Waals surface area contributed by atoms with Crippen molar-refractivity contribution in [3.8, 4) is 0 Å². The zero-order valence-corrected chi connectivity index (χ0v) is 14.2. The highest BCUT2D eigenvalue weighted by Crippen LogP contribution is 2.27. The molecule has 1 aromatic rings. The van der Waals surface area contributed by atoms with Gasteiger partial charge in [0.15, 0.2) is 5.96 Å². The summed E-state index contributed by atoms with van der Waals surface area (Å²) in [5, 5.41) is 6.77. The highest BCUT2D eigenvalue weighted by atomic mass is 15.2. The monoisotopic (exact) mass is 302 g/mol. The fourth-order valence-electron chi connectivity index (χ4n) is 2.44. The zero-order chi connectivity index (χ0) is 15.8. The Kier molecular flexibility index (Phi) is 6.72. The average molecular weight is 302 g/mol. The summed E-state index contributed by atoms with van der Waals surface area (Å²) in [6.07, 6.45) is 2.72. The van der Waals surface area contributed by atoms with Gasteiger partial charge in [-0.15, -0.1) is 0 Å². The second-order valence-corrected chi connectivity index (χ2v) is 6.03. The maximum absolute atomic E-state index is 4.27. The van der Waals surface area contributed by atoms with Crippen molar-refractivity contribution in [3.63, 3.8) is 0 Å². The van der Waals surface area contributed by atoms with E-state index in [0.29, 0.717) is 0 Å². The predicted octanol–water partition coefficient (Wildman–Crippen LogP) is 2.60. The van der Waals surface area contributed by atoms with E-state index in [1.165, 1.54) is 24.0 Å². The normalized spacial score (nSPS) is 15.2. The van der Waals surface area contributed by atoms with E-state index in [1.54, 1.807) is 0 Å². The lowest BCUT2D eigenvalue weighted by Crippen LogP contribution is -2.37. The molecule has 1 aliphatic carbocycles. The minimum Gasteiger partial charge on any atom is -0.356 e. The Balaban J connectivity index is 1.77. The zero-order valence-electron chi connectivity index (χ0n) is 14.2. The average Bonchev–Trinajstić information content (AvgIpc) is 3.38. The number of nitrogens with zero attached hydrogens (tertiary/aromatic N) is 2. The molecular formula is C18H30N4. The molecule has 2 rings (SSSR count). The highest BCUT2D eigenvalue weighted by molar-refractivity contribution is 5.79. The van der Waals surface area contributed by atoms with Crippen molar-refractivity contribution < 1.29 is 0 Å². The molecule has 4 heteroatoms. The van der Waals surface area contributed by atoms with Crippen molar-refractivity contribution in [3.05, 3.63) is 35.4 Å². The van der Waals surface area contributed by atoms with Gasteiger partial charge in [0.2, 0.25) is 0 Å². The first-order valence-corrected chi connectivity index (χ1v) is 8.49. The minimum absolute atomic E-state index is 0.815. The summed E-state index contributed by atoms with van der Waals surface area (Å²) in [6, 6.07) is 8.88. The molecular weight excluding hydrogens is 272 g/mol. The van der Waals surface area contributed by atoms with Gasteiger partial charge in [-0.1, -0.05) is 38.1 Å². The third kappa shape index (κ3) is 5.68. The van der Waals surface area contributed by atoms with Gasteiger partial charge < -0.3 is 10.6 Å². The molecule has 0 heterocycles. The van der Waals surface area contributed by atoms with Crippen LogP contribution in [-0.2, 0) is 13.1 Å². The second kappa shape index (κ2) is 8.79. The van der Waals surface area contributed by atoms with E-state index in [9.17, 15) is 0 Å². The lowest BCUT2D eigenvalue weighted by Gasteiger charge is -2.18. The number of guanidine groups is 1. The Hall–Kier alpha value is -1.55. The molecule has 0 atom stereocenters. The van der Waals surface area contributed by atoms with E-state index in [4.69, 9.17) is 0 Å². The first kappa shape index (κ1) is 16.8. The fraction of sp³-hybridized carbons (Fsp3) is 0.611. The van der Waals surface area contributed by atoms with Gasteiger partial charge in [-0.05, 0) is 43.0 Å². The lowest BCUT2D eigenvalue weighted by molar-refractivity contribution is 0.296. The fourth-order valence-corrected chi connectivity index (χ4v) is 2.44. The highest BCUT2D eigenvalue weighted by Gasteiger charge is 2.20. The largest absolute Gasteiger partial charge is 0.356 e. The Bertz CT molecular complexity index is 458. The smallest absolute Gasteiger partial charge is 0.191 e. The van der Waals surface area contributed by atoms with Crippen LogP contribution >= 0.6 is 0 Å². The summed E-state index contributed by atoms with van der Waals surface area (Å²) in [5.41, 5.74) is 2.67. The molecule has 122 valence electrons. The van der Waals surface area contributed by atoms with Crippen LogP contribution in [0.2, 0.25) is 0 Å². The van der Waals surface area contributed by atoms with Gasteiger partial charge in [0.1, 0.15) is 0 Å². The van der Waals surface area contributed by atoms with Crippen LogP contribution in [0.25, 0.3) is 0 Å². The quantitative estimate of drug-likeness (QED) is 0.573. The second-order valence-electron chi connectivity index (χ2n) is 6.03. The summed E-state index contributed by atoms with van der Waals surface area (Å²) in [5.74, 6) is 1.76. The summed E-state index contributed by atoms with van der Waals surface area (Å²) < 4.78 is 0. The Labute approximate surface area is 135 Å². The molecule has 1 saturated carbocycles. The third-order valence-electron chi connectivity index (χ3n) is 4.26. The van der Waals surface area contributed by atoms with Crippen molar-refractivity contribution in [2.75, 3.05) is 26.7 Å². The van der Waals surface area contributed by atoms with Gasteiger partial charge in [-0.25, -0.2) is 0 Å². The molecule has 1 aliphatic rings. The maximum Gasteiger partial charge on any atom is 0.191 e. The van der Waals surface area contributed by atoms with E-state index >= 15 is 0 Å². The molecule has 0 bridgehead atoms. The summed E-state index contributed by atoms with van der Waals surface area (Å²) in [6.45, 7) is 9.51. The van der Waals surface area contributed by atoms with Crippen LogP contribution in [0.3, 0.4) is 0 Å². The first-order chi connectivity index (χ1) is 10.7. The van der Waals surface area contributed by atoms with Gasteiger partial charge in [0.05, 0.1) is 0 Å². The molecule has 0 radical (unpaired) electrons. The van der Waals surface area contributed by atoms with Gasteiger partial charge in [-0.2, -0.15) is 0 Å². The minimum atomic E-state index is 0.815. The Morgan fingerprint density at radius 1 is 1.09 bits per heavy atom. The van der Waals surface area contributed by atoms with Crippen LogP contribution in [0.15, 0.2) is 29.3 Å². The van der Waals surface area contributed by atoms with Crippen LogP contribution in [0.5, 0.6) is 0 Å². The number of nitrogens with one attached hydrogen (secondary N) is 2. The number of benzene rings is 1. The van der Waals surface area contributed by atoms with Crippen molar-refractivity contribution in [1.29, 1.82) is 0 Å². The van der Waals surface area contributed by atoms with E-state index in [2.05, 4.69) is 58.6 Å². The van der Waals surface area contributed by atoms with E-state index in [1.807, 2.05) is 7.05 Å². The van der Waals surface area contributed by atoms with Crippen LogP contribution in [-0.4, -0.2) is 37.5 Å². The predicted molar refractivity (Wildman–Crippen MR) is 94.0 cm³/mol. The number of hydrogen-bond acceptors (Lipinski definition) is 2. The van der Waals surface area contributed by atoms with Gasteiger partial charge in [-0.3, -0.25) is 9.89 Å². The van der Waals surface area contributed by atoms with Gasteiger partial charge in [0, 0.05) is 26.7 Å². The first-order valence-electron chi connectivity index (χ1n) is 8.49.